The van der Waals surface area contributed by atoms with Gasteiger partial charge in [-0.1, -0.05) is 6.92 Å². The smallest absolute Gasteiger partial charge is 0.144 e. The number of nitrogen functional groups attached to an aromatic ring is 1. The van der Waals surface area contributed by atoms with Crippen molar-refractivity contribution in [1.29, 1.82) is 0 Å². The molecule has 0 atom stereocenters. The predicted octanol–water partition coefficient (Wildman–Crippen LogP) is 3.22. The zero-order valence-corrected chi connectivity index (χ0v) is 11.5. The van der Waals surface area contributed by atoms with Gasteiger partial charge in [-0.25, -0.2) is 0 Å². The Labute approximate surface area is 108 Å². The van der Waals surface area contributed by atoms with E-state index in [1.807, 2.05) is 36.9 Å². The topological polar surface area (TPSA) is 47.3 Å². The number of benzene rings is 1. The number of nitrogens with one attached hydrogen (secondary N) is 1. The second-order valence-electron chi connectivity index (χ2n) is 3.66. The average Bonchev–Trinajstić information content (AvgIpc) is 2.33. The van der Waals surface area contributed by atoms with Gasteiger partial charge in [-0.2, -0.15) is 11.8 Å². The summed E-state index contributed by atoms with van der Waals surface area (Å²) >= 11 is 1.97. The summed E-state index contributed by atoms with van der Waals surface area (Å²) in [6.45, 7) is 5.78. The zero-order valence-electron chi connectivity index (χ0n) is 10.7. The van der Waals surface area contributed by atoms with E-state index in [1.165, 1.54) is 17.9 Å². The molecular weight excluding hydrogens is 232 g/mol. The standard InChI is InChI=1S/C13H22N2OS/c1-3-16-13-10-11(6-7-12(13)14)15-8-5-9-17-4-2/h6-7,10,15H,3-5,8-9,14H2,1-2H3. The van der Waals surface area contributed by atoms with Gasteiger partial charge in [0.15, 0.2) is 0 Å². The maximum Gasteiger partial charge on any atom is 0.144 e. The third-order valence-electron chi connectivity index (χ3n) is 2.31. The average molecular weight is 254 g/mol. The Balaban J connectivity index is 2.40. The number of nitrogens with two attached hydrogens (primary N) is 1. The minimum absolute atomic E-state index is 0.640. The highest BCUT2D eigenvalue weighted by Crippen LogP contribution is 2.25. The highest BCUT2D eigenvalue weighted by molar-refractivity contribution is 7.99. The van der Waals surface area contributed by atoms with Crippen molar-refractivity contribution in [3.63, 3.8) is 0 Å². The monoisotopic (exact) mass is 254 g/mol. The van der Waals surface area contributed by atoms with Crippen LogP contribution in [-0.2, 0) is 0 Å². The van der Waals surface area contributed by atoms with Crippen LogP contribution in [0.25, 0.3) is 0 Å². The molecule has 96 valence electrons. The van der Waals surface area contributed by atoms with E-state index < -0.39 is 0 Å². The summed E-state index contributed by atoms with van der Waals surface area (Å²) in [4.78, 5) is 0. The molecule has 17 heavy (non-hydrogen) atoms. The van der Waals surface area contributed by atoms with Crippen molar-refractivity contribution in [2.24, 2.45) is 0 Å². The number of ether oxygens (including phenoxy) is 1. The first-order valence-electron chi connectivity index (χ1n) is 6.11. The summed E-state index contributed by atoms with van der Waals surface area (Å²) in [5.74, 6) is 3.16. The van der Waals surface area contributed by atoms with Crippen LogP contribution < -0.4 is 15.8 Å². The van der Waals surface area contributed by atoms with Crippen LogP contribution in [0.1, 0.15) is 20.3 Å². The van der Waals surface area contributed by atoms with Crippen molar-refractivity contribution in [3.8, 4) is 5.75 Å². The summed E-state index contributed by atoms with van der Waals surface area (Å²) < 4.78 is 5.45. The molecule has 0 aliphatic carbocycles. The first-order valence-corrected chi connectivity index (χ1v) is 7.27. The Morgan fingerprint density at radius 3 is 2.88 bits per heavy atom. The molecule has 0 saturated heterocycles. The van der Waals surface area contributed by atoms with E-state index in [0.29, 0.717) is 12.3 Å². The minimum Gasteiger partial charge on any atom is -0.492 e. The lowest BCUT2D eigenvalue weighted by molar-refractivity contribution is 0.342. The van der Waals surface area contributed by atoms with Gasteiger partial charge in [-0.3, -0.25) is 0 Å². The van der Waals surface area contributed by atoms with E-state index in [0.717, 1.165) is 18.0 Å². The maximum absolute atomic E-state index is 5.81. The molecule has 1 rings (SSSR count). The molecule has 0 amide bonds. The fourth-order valence-electron chi connectivity index (χ4n) is 1.48. The lowest BCUT2D eigenvalue weighted by Gasteiger charge is -2.10. The van der Waals surface area contributed by atoms with Crippen LogP contribution in [0, 0.1) is 0 Å². The molecule has 1 aromatic rings. The van der Waals surface area contributed by atoms with Gasteiger partial charge in [0.1, 0.15) is 5.75 Å². The van der Waals surface area contributed by atoms with E-state index in [4.69, 9.17) is 10.5 Å². The van der Waals surface area contributed by atoms with Crippen molar-refractivity contribution in [1.82, 2.24) is 0 Å². The molecule has 0 aliphatic rings. The minimum atomic E-state index is 0.640. The van der Waals surface area contributed by atoms with Crippen LogP contribution in [0.4, 0.5) is 11.4 Å². The molecule has 0 bridgehead atoms. The largest absolute Gasteiger partial charge is 0.492 e. The second kappa shape index (κ2) is 8.12. The van der Waals surface area contributed by atoms with E-state index >= 15 is 0 Å². The van der Waals surface area contributed by atoms with Gasteiger partial charge in [0.2, 0.25) is 0 Å². The Morgan fingerprint density at radius 2 is 2.18 bits per heavy atom. The van der Waals surface area contributed by atoms with Crippen molar-refractivity contribution < 1.29 is 4.74 Å². The quantitative estimate of drug-likeness (QED) is 0.552. The predicted molar refractivity (Wildman–Crippen MR) is 78.1 cm³/mol. The maximum atomic E-state index is 5.81. The van der Waals surface area contributed by atoms with E-state index in [2.05, 4.69) is 12.2 Å². The third kappa shape index (κ3) is 5.22. The lowest BCUT2D eigenvalue weighted by atomic mass is 10.2. The number of hydrogen-bond donors (Lipinski definition) is 2. The Kier molecular flexibility index (Phi) is 6.70. The normalized spacial score (nSPS) is 10.2. The number of hydrogen-bond acceptors (Lipinski definition) is 4. The number of anilines is 2. The van der Waals surface area contributed by atoms with Crippen LogP contribution in [0.5, 0.6) is 5.75 Å². The van der Waals surface area contributed by atoms with Gasteiger partial charge in [-0.15, -0.1) is 0 Å². The molecule has 3 N–H and O–H groups in total. The second-order valence-corrected chi connectivity index (χ2v) is 5.06. The molecule has 0 aromatic heterocycles. The summed E-state index contributed by atoms with van der Waals surface area (Å²) in [6, 6.07) is 5.84. The molecule has 3 nitrogen and oxygen atoms in total. The number of rotatable bonds is 8. The Morgan fingerprint density at radius 1 is 1.35 bits per heavy atom. The molecular formula is C13H22N2OS. The van der Waals surface area contributed by atoms with E-state index in [-0.39, 0.29) is 0 Å². The first-order chi connectivity index (χ1) is 8.27. The van der Waals surface area contributed by atoms with Gasteiger partial charge in [0.25, 0.3) is 0 Å². The van der Waals surface area contributed by atoms with Gasteiger partial charge in [0.05, 0.1) is 12.3 Å². The lowest BCUT2D eigenvalue weighted by Crippen LogP contribution is -2.04. The molecule has 0 heterocycles. The van der Waals surface area contributed by atoms with Gasteiger partial charge >= 0.3 is 0 Å². The summed E-state index contributed by atoms with van der Waals surface area (Å²) in [6.07, 6.45) is 1.17. The molecule has 0 spiro atoms. The Bertz CT molecular complexity index is 331. The van der Waals surface area contributed by atoms with Gasteiger partial charge in [0, 0.05) is 18.3 Å². The zero-order chi connectivity index (χ0) is 12.5. The number of thioether (sulfide) groups is 1. The van der Waals surface area contributed by atoms with Crippen LogP contribution in [0.2, 0.25) is 0 Å². The van der Waals surface area contributed by atoms with E-state index in [9.17, 15) is 0 Å². The van der Waals surface area contributed by atoms with Crippen molar-refractivity contribution in [2.45, 2.75) is 20.3 Å². The fourth-order valence-corrected chi connectivity index (χ4v) is 2.11. The molecule has 0 aliphatic heterocycles. The van der Waals surface area contributed by atoms with Crippen molar-refractivity contribution in [2.75, 3.05) is 35.7 Å². The summed E-state index contributed by atoms with van der Waals surface area (Å²) in [5.41, 5.74) is 7.58. The molecule has 1 aromatic carbocycles. The van der Waals surface area contributed by atoms with Crippen molar-refractivity contribution >= 4 is 23.1 Å². The highest BCUT2D eigenvalue weighted by atomic mass is 32.2. The van der Waals surface area contributed by atoms with Gasteiger partial charge in [-0.05, 0) is 37.0 Å². The molecule has 0 radical (unpaired) electrons. The molecule has 0 fully saturated rings. The molecule has 0 unspecified atom stereocenters. The van der Waals surface area contributed by atoms with Crippen molar-refractivity contribution in [3.05, 3.63) is 18.2 Å². The Hall–Kier alpha value is -1.03. The fraction of sp³-hybridized carbons (Fsp3) is 0.538. The SMILES string of the molecule is CCOc1cc(NCCCSCC)ccc1N. The van der Waals surface area contributed by atoms with Crippen LogP contribution in [0.3, 0.4) is 0 Å². The van der Waals surface area contributed by atoms with Crippen LogP contribution in [-0.4, -0.2) is 24.7 Å². The molecule has 4 heteroatoms. The molecule has 0 saturated carbocycles. The van der Waals surface area contributed by atoms with E-state index in [1.54, 1.807) is 0 Å². The summed E-state index contributed by atoms with van der Waals surface area (Å²) in [5, 5.41) is 3.38. The first kappa shape index (κ1) is 14.0. The van der Waals surface area contributed by atoms with Gasteiger partial charge < -0.3 is 15.8 Å². The summed E-state index contributed by atoms with van der Waals surface area (Å²) in [7, 11) is 0. The van der Waals surface area contributed by atoms with Crippen LogP contribution >= 0.6 is 11.8 Å². The highest BCUT2D eigenvalue weighted by Gasteiger charge is 2.01. The third-order valence-corrected chi connectivity index (χ3v) is 3.30. The van der Waals surface area contributed by atoms with Crippen LogP contribution in [0.15, 0.2) is 18.2 Å².